The molecule has 2 heteroatoms. The van der Waals surface area contributed by atoms with E-state index < -0.39 is 0 Å². The van der Waals surface area contributed by atoms with Gasteiger partial charge in [-0.05, 0) is 32.7 Å². The average molecular weight is 239 g/mol. The van der Waals surface area contributed by atoms with Crippen LogP contribution in [-0.4, -0.2) is 30.3 Å². The van der Waals surface area contributed by atoms with Crippen molar-refractivity contribution < 1.29 is 4.79 Å². The van der Waals surface area contributed by atoms with E-state index in [1.165, 1.54) is 19.3 Å². The SMILES string of the molecule is CCC(CC)N(C)CC1CCCC(C)(C)C1=O. The summed E-state index contributed by atoms with van der Waals surface area (Å²) in [6.45, 7) is 9.64. The van der Waals surface area contributed by atoms with Crippen molar-refractivity contribution in [1.82, 2.24) is 4.90 Å². The Kier molecular flexibility index (Phi) is 5.18. The van der Waals surface area contributed by atoms with Crippen LogP contribution in [0.3, 0.4) is 0 Å². The van der Waals surface area contributed by atoms with Gasteiger partial charge in [-0.3, -0.25) is 4.79 Å². The molecular formula is C15H29NO. The van der Waals surface area contributed by atoms with Crippen LogP contribution >= 0.6 is 0 Å². The molecule has 17 heavy (non-hydrogen) atoms. The second-order valence-corrected chi connectivity index (χ2v) is 6.25. The smallest absolute Gasteiger partial charge is 0.142 e. The molecule has 1 unspecified atom stereocenters. The molecule has 0 aromatic carbocycles. The first-order valence-corrected chi connectivity index (χ1v) is 7.17. The van der Waals surface area contributed by atoms with Gasteiger partial charge >= 0.3 is 0 Å². The number of hydrogen-bond donors (Lipinski definition) is 0. The Morgan fingerprint density at radius 3 is 2.47 bits per heavy atom. The van der Waals surface area contributed by atoms with Crippen LogP contribution in [0.1, 0.15) is 59.8 Å². The summed E-state index contributed by atoms with van der Waals surface area (Å²) >= 11 is 0. The molecule has 1 fully saturated rings. The lowest BCUT2D eigenvalue weighted by molar-refractivity contribution is -0.135. The molecule has 0 saturated heterocycles. The zero-order valence-electron chi connectivity index (χ0n) is 12.3. The van der Waals surface area contributed by atoms with Gasteiger partial charge in [-0.2, -0.15) is 0 Å². The first-order chi connectivity index (χ1) is 7.92. The zero-order valence-corrected chi connectivity index (χ0v) is 12.3. The number of Topliss-reactive ketones (excluding diaryl/α,β-unsaturated/α-hetero) is 1. The lowest BCUT2D eigenvalue weighted by atomic mass is 9.71. The van der Waals surface area contributed by atoms with Crippen molar-refractivity contribution in [3.05, 3.63) is 0 Å². The minimum atomic E-state index is -0.0856. The summed E-state index contributed by atoms with van der Waals surface area (Å²) in [4.78, 5) is 14.7. The third kappa shape index (κ3) is 3.54. The summed E-state index contributed by atoms with van der Waals surface area (Å²) in [7, 11) is 2.17. The number of carbonyl (C=O) groups excluding carboxylic acids is 1. The van der Waals surface area contributed by atoms with E-state index in [2.05, 4.69) is 39.6 Å². The highest BCUT2D eigenvalue weighted by Gasteiger charge is 2.37. The monoisotopic (exact) mass is 239 g/mol. The van der Waals surface area contributed by atoms with Gasteiger partial charge in [0.05, 0.1) is 0 Å². The van der Waals surface area contributed by atoms with Crippen LogP contribution in [0.15, 0.2) is 0 Å². The Hall–Kier alpha value is -0.370. The molecule has 0 aliphatic heterocycles. The Morgan fingerprint density at radius 1 is 1.35 bits per heavy atom. The van der Waals surface area contributed by atoms with E-state index in [1.807, 2.05) is 0 Å². The van der Waals surface area contributed by atoms with Gasteiger partial charge in [0.25, 0.3) is 0 Å². The van der Waals surface area contributed by atoms with Gasteiger partial charge in [0.15, 0.2) is 0 Å². The number of rotatable bonds is 5. The van der Waals surface area contributed by atoms with Crippen LogP contribution in [0.5, 0.6) is 0 Å². The van der Waals surface area contributed by atoms with E-state index in [0.29, 0.717) is 11.8 Å². The number of ketones is 1. The number of hydrogen-bond acceptors (Lipinski definition) is 2. The van der Waals surface area contributed by atoms with E-state index in [1.54, 1.807) is 0 Å². The van der Waals surface area contributed by atoms with Crippen molar-refractivity contribution in [2.75, 3.05) is 13.6 Å². The molecule has 0 aromatic heterocycles. The summed E-state index contributed by atoms with van der Waals surface area (Å²) in [5, 5.41) is 0. The normalized spacial score (nSPS) is 24.6. The summed E-state index contributed by atoms with van der Waals surface area (Å²) in [5.41, 5.74) is -0.0856. The van der Waals surface area contributed by atoms with E-state index in [-0.39, 0.29) is 11.3 Å². The maximum absolute atomic E-state index is 12.4. The molecule has 2 nitrogen and oxygen atoms in total. The van der Waals surface area contributed by atoms with Crippen molar-refractivity contribution in [2.24, 2.45) is 11.3 Å². The summed E-state index contributed by atoms with van der Waals surface area (Å²) in [5.74, 6) is 0.755. The van der Waals surface area contributed by atoms with Crippen LogP contribution in [-0.2, 0) is 4.79 Å². The van der Waals surface area contributed by atoms with Gasteiger partial charge in [0.1, 0.15) is 5.78 Å². The molecule has 1 atom stereocenters. The average Bonchev–Trinajstić information content (AvgIpc) is 2.26. The lowest BCUT2D eigenvalue weighted by Gasteiger charge is -2.37. The van der Waals surface area contributed by atoms with E-state index >= 15 is 0 Å². The highest BCUT2D eigenvalue weighted by atomic mass is 16.1. The van der Waals surface area contributed by atoms with Crippen molar-refractivity contribution in [3.8, 4) is 0 Å². The fourth-order valence-electron chi connectivity index (χ4n) is 3.18. The molecule has 1 aliphatic carbocycles. The zero-order chi connectivity index (χ0) is 13.1. The summed E-state index contributed by atoms with van der Waals surface area (Å²) in [6.07, 6.45) is 5.72. The Balaban J connectivity index is 2.59. The molecule has 1 saturated carbocycles. The molecule has 0 radical (unpaired) electrons. The third-order valence-corrected chi connectivity index (χ3v) is 4.47. The highest BCUT2D eigenvalue weighted by Crippen LogP contribution is 2.35. The molecule has 0 bridgehead atoms. The molecule has 0 spiro atoms. The molecular weight excluding hydrogens is 210 g/mol. The largest absolute Gasteiger partial charge is 0.303 e. The molecule has 100 valence electrons. The fourth-order valence-corrected chi connectivity index (χ4v) is 3.18. The Morgan fingerprint density at radius 2 is 1.94 bits per heavy atom. The number of carbonyl (C=O) groups is 1. The maximum atomic E-state index is 12.4. The van der Waals surface area contributed by atoms with Crippen LogP contribution in [0.4, 0.5) is 0 Å². The van der Waals surface area contributed by atoms with Crippen molar-refractivity contribution in [1.29, 1.82) is 0 Å². The minimum Gasteiger partial charge on any atom is -0.303 e. The predicted octanol–water partition coefficient (Wildman–Crippen LogP) is 3.50. The van der Waals surface area contributed by atoms with Crippen LogP contribution in [0.2, 0.25) is 0 Å². The first kappa shape index (κ1) is 14.7. The Bertz CT molecular complexity index is 256. The molecule has 1 aliphatic rings. The van der Waals surface area contributed by atoms with Crippen molar-refractivity contribution in [2.45, 2.75) is 65.8 Å². The van der Waals surface area contributed by atoms with Crippen LogP contribution in [0.25, 0.3) is 0 Å². The highest BCUT2D eigenvalue weighted by molar-refractivity contribution is 5.87. The van der Waals surface area contributed by atoms with Gasteiger partial charge in [0.2, 0.25) is 0 Å². The predicted molar refractivity (Wildman–Crippen MR) is 73.1 cm³/mol. The van der Waals surface area contributed by atoms with Gasteiger partial charge in [-0.1, -0.05) is 34.1 Å². The first-order valence-electron chi connectivity index (χ1n) is 7.17. The van der Waals surface area contributed by atoms with Crippen LogP contribution < -0.4 is 0 Å². The van der Waals surface area contributed by atoms with E-state index in [4.69, 9.17) is 0 Å². The van der Waals surface area contributed by atoms with Gasteiger partial charge in [-0.15, -0.1) is 0 Å². The maximum Gasteiger partial charge on any atom is 0.142 e. The molecule has 0 amide bonds. The second kappa shape index (κ2) is 5.99. The minimum absolute atomic E-state index is 0.0856. The van der Waals surface area contributed by atoms with E-state index in [9.17, 15) is 4.79 Å². The standard InChI is InChI=1S/C15H29NO/c1-6-13(7-2)16(5)11-12-9-8-10-15(3,4)14(12)17/h12-13H,6-11H2,1-5H3. The number of nitrogens with zero attached hydrogens (tertiary/aromatic N) is 1. The summed E-state index contributed by atoms with van der Waals surface area (Å²) in [6, 6.07) is 0.632. The molecule has 0 N–H and O–H groups in total. The molecule has 1 rings (SSSR count). The van der Waals surface area contributed by atoms with Gasteiger partial charge < -0.3 is 4.90 Å². The quantitative estimate of drug-likeness (QED) is 0.732. The Labute approximate surface area is 107 Å². The molecule has 0 heterocycles. The lowest BCUT2D eigenvalue weighted by Crippen LogP contribution is -2.43. The van der Waals surface area contributed by atoms with Crippen molar-refractivity contribution >= 4 is 5.78 Å². The summed E-state index contributed by atoms with van der Waals surface area (Å²) < 4.78 is 0. The van der Waals surface area contributed by atoms with Crippen LogP contribution in [0, 0.1) is 11.3 Å². The third-order valence-electron chi connectivity index (χ3n) is 4.47. The van der Waals surface area contributed by atoms with Crippen molar-refractivity contribution in [3.63, 3.8) is 0 Å². The van der Waals surface area contributed by atoms with Gasteiger partial charge in [-0.25, -0.2) is 0 Å². The topological polar surface area (TPSA) is 20.3 Å². The van der Waals surface area contributed by atoms with Gasteiger partial charge in [0, 0.05) is 23.9 Å². The second-order valence-electron chi connectivity index (χ2n) is 6.25. The fraction of sp³-hybridized carbons (Fsp3) is 0.933. The van der Waals surface area contributed by atoms with E-state index in [0.717, 1.165) is 19.4 Å². The molecule has 0 aromatic rings.